The van der Waals surface area contributed by atoms with Crippen LogP contribution in [0, 0.1) is 11.3 Å². The minimum Gasteiger partial charge on any atom is -0.487 e. The van der Waals surface area contributed by atoms with Gasteiger partial charge in [0.1, 0.15) is 18.9 Å². The number of hydrogen-bond donors (Lipinski definition) is 1. The molecule has 21 heavy (non-hydrogen) atoms. The van der Waals surface area contributed by atoms with Gasteiger partial charge in [0.05, 0.1) is 18.2 Å². The summed E-state index contributed by atoms with van der Waals surface area (Å²) in [6, 6.07) is 14.8. The first-order valence-electron chi connectivity index (χ1n) is 6.53. The summed E-state index contributed by atoms with van der Waals surface area (Å²) < 4.78 is 5.61. The molecule has 1 heterocycles. The zero-order valence-electron chi connectivity index (χ0n) is 11.5. The van der Waals surface area contributed by atoms with Crippen LogP contribution in [0.1, 0.15) is 11.3 Å². The maximum atomic E-state index is 11.5. The van der Waals surface area contributed by atoms with Crippen molar-refractivity contribution < 1.29 is 9.53 Å². The molecule has 0 radical (unpaired) electrons. The van der Waals surface area contributed by atoms with Gasteiger partial charge in [0, 0.05) is 6.20 Å². The maximum absolute atomic E-state index is 11.5. The van der Waals surface area contributed by atoms with Crippen molar-refractivity contribution in [3.05, 3.63) is 59.9 Å². The van der Waals surface area contributed by atoms with Crippen molar-refractivity contribution in [1.82, 2.24) is 10.3 Å². The highest BCUT2D eigenvalue weighted by Gasteiger charge is 2.03. The maximum Gasteiger partial charge on any atom is 0.225 e. The topological polar surface area (TPSA) is 75.0 Å². The zero-order valence-corrected chi connectivity index (χ0v) is 11.5. The number of amides is 1. The number of carbonyl (C=O) groups is 1. The number of nitriles is 1. The van der Waals surface area contributed by atoms with Crippen molar-refractivity contribution in [3.8, 4) is 11.8 Å². The third-order valence-electron chi connectivity index (χ3n) is 2.77. The largest absolute Gasteiger partial charge is 0.487 e. The van der Waals surface area contributed by atoms with Gasteiger partial charge in [-0.2, -0.15) is 5.26 Å². The molecule has 0 saturated heterocycles. The van der Waals surface area contributed by atoms with Crippen LogP contribution in [0.25, 0.3) is 0 Å². The van der Waals surface area contributed by atoms with Gasteiger partial charge in [-0.1, -0.05) is 18.2 Å². The van der Waals surface area contributed by atoms with E-state index in [-0.39, 0.29) is 18.9 Å². The van der Waals surface area contributed by atoms with Crippen LogP contribution in [0.15, 0.2) is 48.7 Å². The van der Waals surface area contributed by atoms with Crippen LogP contribution >= 0.6 is 0 Å². The number of ether oxygens (including phenoxy) is 1. The number of nitrogens with one attached hydrogen (secondary N) is 1. The molecule has 0 bridgehead atoms. The highest BCUT2D eigenvalue weighted by Crippen LogP contribution is 2.14. The Labute approximate surface area is 123 Å². The summed E-state index contributed by atoms with van der Waals surface area (Å²) in [5.74, 6) is 0.556. The van der Waals surface area contributed by atoms with E-state index in [4.69, 9.17) is 10.00 Å². The van der Waals surface area contributed by atoms with Gasteiger partial charge in [-0.25, -0.2) is 0 Å². The molecule has 0 fully saturated rings. The van der Waals surface area contributed by atoms with Crippen LogP contribution in [-0.2, 0) is 17.8 Å². The second-order valence-electron chi connectivity index (χ2n) is 4.37. The standard InChI is InChI=1S/C16H15N3O2/c17-8-10-19-16(20)11-13-4-6-15(7-5-13)21-12-14-3-1-2-9-18-14/h1-7,9H,10-12H2,(H,19,20). The molecule has 0 atom stereocenters. The molecule has 1 aromatic heterocycles. The summed E-state index contributed by atoms with van der Waals surface area (Å²) >= 11 is 0. The molecule has 1 N–H and O–H groups in total. The lowest BCUT2D eigenvalue weighted by atomic mass is 10.1. The lowest BCUT2D eigenvalue weighted by Gasteiger charge is -2.07. The smallest absolute Gasteiger partial charge is 0.225 e. The fraction of sp³-hybridized carbons (Fsp3) is 0.188. The van der Waals surface area contributed by atoms with Crippen LogP contribution < -0.4 is 10.1 Å². The van der Waals surface area contributed by atoms with E-state index in [9.17, 15) is 4.79 Å². The van der Waals surface area contributed by atoms with Crippen molar-refractivity contribution in [2.45, 2.75) is 13.0 Å². The van der Waals surface area contributed by atoms with Gasteiger partial charge in [0.25, 0.3) is 0 Å². The summed E-state index contributed by atoms with van der Waals surface area (Å²) in [7, 11) is 0. The lowest BCUT2D eigenvalue weighted by molar-refractivity contribution is -0.120. The molecule has 1 aromatic carbocycles. The Bertz CT molecular complexity index is 618. The Morgan fingerprint density at radius 1 is 1.24 bits per heavy atom. The number of rotatable bonds is 6. The quantitative estimate of drug-likeness (QED) is 0.820. The number of benzene rings is 1. The summed E-state index contributed by atoms with van der Waals surface area (Å²) in [6.45, 7) is 0.437. The Hall–Kier alpha value is -2.87. The average molecular weight is 281 g/mol. The molecule has 2 rings (SSSR count). The molecule has 0 aliphatic carbocycles. The summed E-state index contributed by atoms with van der Waals surface area (Å²) in [6.07, 6.45) is 1.98. The predicted octanol–water partition coefficient (Wildman–Crippen LogP) is 1.84. The monoisotopic (exact) mass is 281 g/mol. The molecular formula is C16H15N3O2. The SMILES string of the molecule is N#CCNC(=O)Cc1ccc(OCc2ccccn2)cc1. The van der Waals surface area contributed by atoms with Crippen LogP contribution in [0.3, 0.4) is 0 Å². The Balaban J connectivity index is 1.84. The van der Waals surface area contributed by atoms with Gasteiger partial charge >= 0.3 is 0 Å². The summed E-state index contributed by atoms with van der Waals surface area (Å²) in [4.78, 5) is 15.6. The molecule has 0 unspecified atom stereocenters. The van der Waals surface area contributed by atoms with Crippen molar-refractivity contribution in [1.29, 1.82) is 5.26 Å². The Morgan fingerprint density at radius 3 is 2.71 bits per heavy atom. The van der Waals surface area contributed by atoms with Gasteiger partial charge in [0.2, 0.25) is 5.91 Å². The fourth-order valence-electron chi connectivity index (χ4n) is 1.73. The lowest BCUT2D eigenvalue weighted by Crippen LogP contribution is -2.25. The molecule has 0 saturated carbocycles. The van der Waals surface area contributed by atoms with Gasteiger partial charge in [-0.05, 0) is 29.8 Å². The van der Waals surface area contributed by atoms with E-state index in [2.05, 4.69) is 10.3 Å². The molecule has 106 valence electrons. The van der Waals surface area contributed by atoms with Crippen LogP contribution in [0.2, 0.25) is 0 Å². The predicted molar refractivity (Wildman–Crippen MR) is 77.3 cm³/mol. The second-order valence-corrected chi connectivity index (χ2v) is 4.37. The number of pyridine rings is 1. The van der Waals surface area contributed by atoms with Crippen molar-refractivity contribution >= 4 is 5.91 Å². The van der Waals surface area contributed by atoms with Crippen molar-refractivity contribution in [2.24, 2.45) is 0 Å². The van der Waals surface area contributed by atoms with E-state index < -0.39 is 0 Å². The number of aromatic nitrogens is 1. The van der Waals surface area contributed by atoms with E-state index in [0.29, 0.717) is 6.61 Å². The number of nitrogens with zero attached hydrogens (tertiary/aromatic N) is 2. The third kappa shape index (κ3) is 4.96. The normalized spacial score (nSPS) is 9.67. The Kier molecular flexibility index (Phi) is 5.30. The van der Waals surface area contributed by atoms with Gasteiger partial charge in [-0.3, -0.25) is 9.78 Å². The van der Waals surface area contributed by atoms with Crippen LogP contribution in [-0.4, -0.2) is 17.4 Å². The van der Waals surface area contributed by atoms with Crippen molar-refractivity contribution in [2.75, 3.05) is 6.54 Å². The van der Waals surface area contributed by atoms with E-state index in [0.717, 1.165) is 17.0 Å². The molecular weight excluding hydrogens is 266 g/mol. The number of carbonyl (C=O) groups excluding carboxylic acids is 1. The zero-order chi connectivity index (χ0) is 14.9. The highest BCUT2D eigenvalue weighted by atomic mass is 16.5. The molecule has 2 aromatic rings. The molecule has 5 nitrogen and oxygen atoms in total. The molecule has 0 aliphatic heterocycles. The van der Waals surface area contributed by atoms with E-state index in [1.54, 1.807) is 6.20 Å². The van der Waals surface area contributed by atoms with E-state index in [1.165, 1.54) is 0 Å². The first-order valence-corrected chi connectivity index (χ1v) is 6.53. The third-order valence-corrected chi connectivity index (χ3v) is 2.77. The van der Waals surface area contributed by atoms with Crippen LogP contribution in [0.4, 0.5) is 0 Å². The minimum atomic E-state index is -0.168. The molecule has 0 spiro atoms. The first kappa shape index (κ1) is 14.5. The first-order chi connectivity index (χ1) is 10.3. The summed E-state index contributed by atoms with van der Waals surface area (Å²) in [5, 5.41) is 10.9. The minimum absolute atomic E-state index is 0.0318. The second kappa shape index (κ2) is 7.65. The summed E-state index contributed by atoms with van der Waals surface area (Å²) in [5.41, 5.74) is 1.73. The Morgan fingerprint density at radius 2 is 2.05 bits per heavy atom. The number of hydrogen-bond acceptors (Lipinski definition) is 4. The molecule has 1 amide bonds. The highest BCUT2D eigenvalue weighted by molar-refractivity contribution is 5.78. The fourth-order valence-corrected chi connectivity index (χ4v) is 1.73. The van der Waals surface area contributed by atoms with Gasteiger partial charge < -0.3 is 10.1 Å². The van der Waals surface area contributed by atoms with Crippen LogP contribution in [0.5, 0.6) is 5.75 Å². The van der Waals surface area contributed by atoms with E-state index in [1.807, 2.05) is 48.5 Å². The van der Waals surface area contributed by atoms with Gasteiger partial charge in [0.15, 0.2) is 0 Å². The molecule has 0 aliphatic rings. The van der Waals surface area contributed by atoms with E-state index >= 15 is 0 Å². The average Bonchev–Trinajstić information content (AvgIpc) is 2.53. The molecule has 5 heteroatoms. The van der Waals surface area contributed by atoms with Gasteiger partial charge in [-0.15, -0.1) is 0 Å². The van der Waals surface area contributed by atoms with Crippen molar-refractivity contribution in [3.63, 3.8) is 0 Å².